The van der Waals surface area contributed by atoms with E-state index in [1.54, 1.807) is 6.21 Å². The van der Waals surface area contributed by atoms with Crippen LogP contribution in [0, 0.1) is 5.92 Å². The maximum atomic E-state index is 12.0. The van der Waals surface area contributed by atoms with Gasteiger partial charge in [0.1, 0.15) is 0 Å². The van der Waals surface area contributed by atoms with Crippen molar-refractivity contribution in [2.24, 2.45) is 16.1 Å². The van der Waals surface area contributed by atoms with Crippen LogP contribution >= 0.6 is 11.8 Å². The molecule has 0 saturated heterocycles. The van der Waals surface area contributed by atoms with Gasteiger partial charge in [0.2, 0.25) is 5.91 Å². The van der Waals surface area contributed by atoms with Gasteiger partial charge in [-0.1, -0.05) is 57.7 Å². The molecule has 1 amide bonds. The Morgan fingerprint density at radius 2 is 1.95 bits per heavy atom. The Labute approximate surface area is 137 Å². The summed E-state index contributed by atoms with van der Waals surface area (Å²) in [5.74, 6) is 1.05. The molecular formula is C17H25N3OS. The van der Waals surface area contributed by atoms with Crippen molar-refractivity contribution in [2.45, 2.75) is 40.5 Å². The van der Waals surface area contributed by atoms with Crippen LogP contribution in [0.2, 0.25) is 0 Å². The summed E-state index contributed by atoms with van der Waals surface area (Å²) in [4.78, 5) is 12.0. The van der Waals surface area contributed by atoms with Gasteiger partial charge in [0, 0.05) is 11.9 Å². The second kappa shape index (κ2) is 9.41. The largest absolute Gasteiger partial charge is 0.325 e. The van der Waals surface area contributed by atoms with E-state index in [1.807, 2.05) is 45.0 Å². The third-order valence-electron chi connectivity index (χ3n) is 2.83. The average molecular weight is 319 g/mol. The minimum atomic E-state index is -0.0273. The Balaban J connectivity index is 2.54. The normalized spacial score (nSPS) is 12.4. The Hall–Kier alpha value is -1.62. The smallest absolute Gasteiger partial charge is 0.234 e. The van der Waals surface area contributed by atoms with E-state index in [0.29, 0.717) is 17.6 Å². The van der Waals surface area contributed by atoms with E-state index < -0.39 is 0 Å². The first-order chi connectivity index (χ1) is 10.4. The predicted octanol–water partition coefficient (Wildman–Crippen LogP) is 4.54. The summed E-state index contributed by atoms with van der Waals surface area (Å²) in [6.45, 7) is 10.2. The van der Waals surface area contributed by atoms with Gasteiger partial charge < -0.3 is 5.32 Å². The topological polar surface area (TPSA) is 53.8 Å². The molecule has 0 aliphatic rings. The van der Waals surface area contributed by atoms with Crippen LogP contribution in [0.4, 0.5) is 5.69 Å². The number of amides is 1. The molecule has 120 valence electrons. The van der Waals surface area contributed by atoms with Gasteiger partial charge in [-0.25, -0.2) is 0 Å². The van der Waals surface area contributed by atoms with Gasteiger partial charge >= 0.3 is 0 Å². The number of para-hydroxylation sites is 1. The van der Waals surface area contributed by atoms with Gasteiger partial charge in [-0.05, 0) is 30.4 Å². The molecule has 0 heterocycles. The highest BCUT2D eigenvalue weighted by molar-refractivity contribution is 8.14. The van der Waals surface area contributed by atoms with Crippen LogP contribution in [0.5, 0.6) is 0 Å². The number of carbonyl (C=O) groups is 1. The fourth-order valence-corrected chi connectivity index (χ4v) is 2.26. The van der Waals surface area contributed by atoms with Crippen LogP contribution in [0.25, 0.3) is 0 Å². The molecule has 0 fully saturated rings. The molecule has 5 heteroatoms. The zero-order valence-corrected chi connectivity index (χ0v) is 14.8. The molecule has 0 spiro atoms. The van der Waals surface area contributed by atoms with Crippen molar-refractivity contribution in [1.82, 2.24) is 0 Å². The molecule has 1 aromatic rings. The maximum Gasteiger partial charge on any atom is 0.234 e. The SMILES string of the molecule is C/C(=N/N=C/C(C)C)SCC(=O)Nc1ccccc1C(C)C. The second-order valence-corrected chi connectivity index (χ2v) is 6.87. The molecule has 1 rings (SSSR count). The van der Waals surface area contributed by atoms with Crippen LogP contribution in [0.3, 0.4) is 0 Å². The fourth-order valence-electron chi connectivity index (χ4n) is 1.75. The van der Waals surface area contributed by atoms with E-state index in [1.165, 1.54) is 11.8 Å². The molecule has 0 aromatic heterocycles. The summed E-state index contributed by atoms with van der Waals surface area (Å²) < 4.78 is 0. The summed E-state index contributed by atoms with van der Waals surface area (Å²) in [6, 6.07) is 7.90. The van der Waals surface area contributed by atoms with Gasteiger partial charge in [-0.15, -0.1) is 5.10 Å². The number of thioether (sulfide) groups is 1. The van der Waals surface area contributed by atoms with Crippen molar-refractivity contribution in [3.8, 4) is 0 Å². The lowest BCUT2D eigenvalue weighted by molar-refractivity contribution is -0.113. The molecule has 1 N–H and O–H groups in total. The average Bonchev–Trinajstić information content (AvgIpc) is 2.45. The number of rotatable bonds is 6. The first kappa shape index (κ1) is 18.4. The van der Waals surface area contributed by atoms with Crippen LogP contribution in [0.15, 0.2) is 34.5 Å². The Bertz CT molecular complexity index is 551. The monoisotopic (exact) mass is 319 g/mol. The third-order valence-corrected chi connectivity index (χ3v) is 3.74. The molecule has 0 unspecified atom stereocenters. The molecule has 4 nitrogen and oxygen atoms in total. The number of hydrogen-bond acceptors (Lipinski definition) is 4. The first-order valence-corrected chi connectivity index (χ1v) is 8.48. The van der Waals surface area contributed by atoms with E-state index in [2.05, 4.69) is 29.4 Å². The Morgan fingerprint density at radius 1 is 1.27 bits per heavy atom. The van der Waals surface area contributed by atoms with Crippen molar-refractivity contribution < 1.29 is 4.79 Å². The second-order valence-electron chi connectivity index (χ2n) is 5.71. The molecule has 0 aliphatic heterocycles. The van der Waals surface area contributed by atoms with Crippen molar-refractivity contribution in [3.05, 3.63) is 29.8 Å². The van der Waals surface area contributed by atoms with E-state index in [-0.39, 0.29) is 5.91 Å². The third kappa shape index (κ3) is 6.89. The molecular weight excluding hydrogens is 294 g/mol. The summed E-state index contributed by atoms with van der Waals surface area (Å²) in [5.41, 5.74) is 2.03. The van der Waals surface area contributed by atoms with Crippen molar-refractivity contribution >= 4 is 34.6 Å². The summed E-state index contributed by atoms with van der Waals surface area (Å²) >= 11 is 1.39. The van der Waals surface area contributed by atoms with Crippen LogP contribution in [0.1, 0.15) is 46.1 Å². The predicted molar refractivity (Wildman–Crippen MR) is 98.1 cm³/mol. The zero-order chi connectivity index (χ0) is 16.5. The van der Waals surface area contributed by atoms with Gasteiger partial charge in [0.15, 0.2) is 0 Å². The molecule has 0 aliphatic carbocycles. The van der Waals surface area contributed by atoms with E-state index >= 15 is 0 Å². The van der Waals surface area contributed by atoms with E-state index in [9.17, 15) is 4.79 Å². The minimum absolute atomic E-state index is 0.0273. The van der Waals surface area contributed by atoms with Crippen molar-refractivity contribution in [3.63, 3.8) is 0 Å². The Morgan fingerprint density at radius 3 is 2.59 bits per heavy atom. The number of benzene rings is 1. The number of anilines is 1. The quantitative estimate of drug-likeness (QED) is 0.475. The number of carbonyl (C=O) groups excluding carboxylic acids is 1. The highest BCUT2D eigenvalue weighted by Gasteiger charge is 2.09. The van der Waals surface area contributed by atoms with Crippen molar-refractivity contribution in [1.29, 1.82) is 0 Å². The Kier molecular flexibility index (Phi) is 7.88. The van der Waals surface area contributed by atoms with Crippen molar-refractivity contribution in [2.75, 3.05) is 11.1 Å². The molecule has 0 bridgehead atoms. The lowest BCUT2D eigenvalue weighted by Crippen LogP contribution is -2.16. The lowest BCUT2D eigenvalue weighted by atomic mass is 10.0. The van der Waals surface area contributed by atoms with E-state index in [4.69, 9.17) is 0 Å². The fraction of sp³-hybridized carbons (Fsp3) is 0.471. The number of nitrogens with one attached hydrogen (secondary N) is 1. The zero-order valence-electron chi connectivity index (χ0n) is 14.0. The van der Waals surface area contributed by atoms with Gasteiger partial charge in [0.25, 0.3) is 0 Å². The molecule has 0 saturated carbocycles. The van der Waals surface area contributed by atoms with Crippen LogP contribution in [-0.2, 0) is 4.79 Å². The maximum absolute atomic E-state index is 12.0. The van der Waals surface area contributed by atoms with Gasteiger partial charge in [-0.3, -0.25) is 4.79 Å². The lowest BCUT2D eigenvalue weighted by Gasteiger charge is -2.13. The molecule has 22 heavy (non-hydrogen) atoms. The highest BCUT2D eigenvalue weighted by Crippen LogP contribution is 2.23. The summed E-state index contributed by atoms with van der Waals surface area (Å²) in [6.07, 6.45) is 1.78. The molecule has 1 aromatic carbocycles. The van der Waals surface area contributed by atoms with Crippen LogP contribution < -0.4 is 5.32 Å². The minimum Gasteiger partial charge on any atom is -0.325 e. The van der Waals surface area contributed by atoms with E-state index in [0.717, 1.165) is 16.3 Å². The first-order valence-electron chi connectivity index (χ1n) is 7.49. The standard InChI is InChI=1S/C17H25N3OS/c1-12(2)10-18-20-14(5)22-11-17(21)19-16-9-7-6-8-15(16)13(3)4/h6-10,12-13H,11H2,1-5H3,(H,19,21)/b18-10+,20-14-. The summed E-state index contributed by atoms with van der Waals surface area (Å²) in [7, 11) is 0. The van der Waals surface area contributed by atoms with Crippen LogP contribution in [-0.4, -0.2) is 22.9 Å². The van der Waals surface area contributed by atoms with Gasteiger partial charge in [0.05, 0.1) is 10.8 Å². The molecule has 0 radical (unpaired) electrons. The molecule has 0 atom stereocenters. The highest BCUT2D eigenvalue weighted by atomic mass is 32.2. The van der Waals surface area contributed by atoms with Gasteiger partial charge in [-0.2, -0.15) is 5.10 Å². The number of hydrogen-bond donors (Lipinski definition) is 1. The number of nitrogens with zero attached hydrogens (tertiary/aromatic N) is 2. The summed E-state index contributed by atoms with van der Waals surface area (Å²) in [5, 5.41) is 11.8.